The van der Waals surface area contributed by atoms with Gasteiger partial charge >= 0.3 is 0 Å². The first kappa shape index (κ1) is 13.6. The molecule has 2 atom stereocenters. The van der Waals surface area contributed by atoms with Crippen LogP contribution >= 0.6 is 22.9 Å². The van der Waals surface area contributed by atoms with Gasteiger partial charge in [0.1, 0.15) is 0 Å². The smallest absolute Gasteiger partial charge is 0.0931 e. The van der Waals surface area contributed by atoms with E-state index >= 15 is 0 Å². The fourth-order valence-corrected chi connectivity index (χ4v) is 3.04. The molecule has 0 amide bonds. The lowest BCUT2D eigenvalue weighted by molar-refractivity contribution is 0.500. The van der Waals surface area contributed by atoms with E-state index in [-0.39, 0.29) is 0 Å². The zero-order chi connectivity index (χ0) is 13.1. The Morgan fingerprint density at radius 1 is 1.00 bits per heavy atom. The quantitative estimate of drug-likeness (QED) is 0.819. The molecule has 0 aliphatic rings. The fraction of sp³-hybridized carbons (Fsp3) is 0.333. The molecule has 1 N–H and O–H groups in total. The molecule has 0 spiro atoms. The van der Waals surface area contributed by atoms with Gasteiger partial charge in [0.25, 0.3) is 0 Å². The predicted molar refractivity (Wildman–Crippen MR) is 80.5 cm³/mol. The maximum atomic E-state index is 5.97. The topological polar surface area (TPSA) is 12.0 Å². The second kappa shape index (κ2) is 5.87. The molecule has 2 rings (SSSR count). The zero-order valence-electron chi connectivity index (χ0n) is 10.9. The lowest BCUT2D eigenvalue weighted by atomic mass is 10.1. The average molecular weight is 280 g/mol. The highest BCUT2D eigenvalue weighted by atomic mass is 35.5. The number of hydrogen-bond acceptors (Lipinski definition) is 2. The van der Waals surface area contributed by atoms with Crippen LogP contribution in [0, 0.1) is 6.92 Å². The highest BCUT2D eigenvalue weighted by molar-refractivity contribution is 7.16. The van der Waals surface area contributed by atoms with Crippen molar-refractivity contribution in [3.63, 3.8) is 0 Å². The van der Waals surface area contributed by atoms with Crippen molar-refractivity contribution >= 4 is 22.9 Å². The van der Waals surface area contributed by atoms with Gasteiger partial charge in [-0.25, -0.2) is 0 Å². The summed E-state index contributed by atoms with van der Waals surface area (Å²) >= 11 is 7.60. The van der Waals surface area contributed by atoms with Crippen molar-refractivity contribution in [3.05, 3.63) is 56.7 Å². The summed E-state index contributed by atoms with van der Waals surface area (Å²) in [6.45, 7) is 6.47. The van der Waals surface area contributed by atoms with Gasteiger partial charge in [0.15, 0.2) is 0 Å². The standard InChI is InChI=1S/C15H18ClNS/c1-10-4-6-13(7-5-10)11(2)17-12(3)14-8-9-15(16)18-14/h4-9,11-12,17H,1-3H3/t11-,12?/m1/s1. The number of aryl methyl sites for hydroxylation is 1. The molecule has 1 nitrogen and oxygen atoms in total. The number of rotatable bonds is 4. The molecule has 0 saturated heterocycles. The minimum absolute atomic E-state index is 0.318. The first-order chi connectivity index (χ1) is 8.56. The molecular formula is C15H18ClNS. The van der Waals surface area contributed by atoms with Gasteiger partial charge in [-0.3, -0.25) is 0 Å². The Kier molecular flexibility index (Phi) is 4.44. The summed E-state index contributed by atoms with van der Waals surface area (Å²) in [5.41, 5.74) is 2.61. The van der Waals surface area contributed by atoms with Crippen LogP contribution in [0.1, 0.15) is 41.9 Å². The second-order valence-corrected chi connectivity index (χ2v) is 6.41. The molecule has 0 aliphatic carbocycles. The third-order valence-electron chi connectivity index (χ3n) is 3.10. The molecule has 1 aromatic heterocycles. The Bertz CT molecular complexity index is 503. The van der Waals surface area contributed by atoms with Crippen molar-refractivity contribution in [1.82, 2.24) is 5.32 Å². The van der Waals surface area contributed by atoms with Gasteiger partial charge < -0.3 is 5.32 Å². The number of nitrogens with one attached hydrogen (secondary N) is 1. The molecule has 18 heavy (non-hydrogen) atoms. The molecule has 2 aromatic rings. The SMILES string of the molecule is Cc1ccc([C@@H](C)NC(C)c2ccc(Cl)s2)cc1. The highest BCUT2D eigenvalue weighted by Gasteiger charge is 2.12. The molecule has 0 bridgehead atoms. The number of hydrogen-bond donors (Lipinski definition) is 1. The Labute approximate surface area is 118 Å². The van der Waals surface area contributed by atoms with E-state index in [1.54, 1.807) is 11.3 Å². The van der Waals surface area contributed by atoms with Gasteiger partial charge in [-0.1, -0.05) is 41.4 Å². The molecule has 1 unspecified atom stereocenters. The van der Waals surface area contributed by atoms with Gasteiger partial charge in [0.05, 0.1) is 4.34 Å². The normalized spacial score (nSPS) is 14.4. The van der Waals surface area contributed by atoms with Crippen molar-refractivity contribution in [1.29, 1.82) is 0 Å². The Balaban J connectivity index is 2.02. The summed E-state index contributed by atoms with van der Waals surface area (Å²) < 4.78 is 0.849. The van der Waals surface area contributed by atoms with E-state index in [2.05, 4.69) is 56.4 Å². The number of benzene rings is 1. The third-order valence-corrected chi connectivity index (χ3v) is 4.51. The van der Waals surface area contributed by atoms with Crippen molar-refractivity contribution in [3.8, 4) is 0 Å². The Morgan fingerprint density at radius 3 is 2.22 bits per heavy atom. The van der Waals surface area contributed by atoms with Crippen molar-refractivity contribution in [2.24, 2.45) is 0 Å². The summed E-state index contributed by atoms with van der Waals surface area (Å²) in [6, 6.07) is 13.4. The third kappa shape index (κ3) is 3.35. The molecular weight excluding hydrogens is 262 g/mol. The van der Waals surface area contributed by atoms with E-state index in [4.69, 9.17) is 11.6 Å². The first-order valence-corrected chi connectivity index (χ1v) is 7.33. The van der Waals surface area contributed by atoms with Crippen molar-refractivity contribution in [2.75, 3.05) is 0 Å². The van der Waals surface area contributed by atoms with E-state index in [0.717, 1.165) is 4.34 Å². The molecule has 0 radical (unpaired) electrons. The molecule has 1 heterocycles. The van der Waals surface area contributed by atoms with Crippen LogP contribution in [0.2, 0.25) is 4.34 Å². The van der Waals surface area contributed by atoms with E-state index in [1.807, 2.05) is 6.07 Å². The fourth-order valence-electron chi connectivity index (χ4n) is 1.97. The van der Waals surface area contributed by atoms with Crippen molar-refractivity contribution in [2.45, 2.75) is 32.9 Å². The lowest BCUT2D eigenvalue weighted by Crippen LogP contribution is -2.21. The summed E-state index contributed by atoms with van der Waals surface area (Å²) in [6.07, 6.45) is 0. The summed E-state index contributed by atoms with van der Waals surface area (Å²) in [4.78, 5) is 1.28. The van der Waals surface area contributed by atoms with E-state index < -0.39 is 0 Å². The summed E-state index contributed by atoms with van der Waals surface area (Å²) in [7, 11) is 0. The maximum absolute atomic E-state index is 5.97. The van der Waals surface area contributed by atoms with Gasteiger partial charge in [-0.05, 0) is 38.5 Å². The average Bonchev–Trinajstić information content (AvgIpc) is 2.76. The minimum atomic E-state index is 0.318. The van der Waals surface area contributed by atoms with Crippen LogP contribution in [-0.2, 0) is 0 Å². The lowest BCUT2D eigenvalue weighted by Gasteiger charge is -2.19. The molecule has 0 saturated carbocycles. The number of halogens is 1. The largest absolute Gasteiger partial charge is 0.303 e. The van der Waals surface area contributed by atoms with Crippen LogP contribution in [-0.4, -0.2) is 0 Å². The van der Waals surface area contributed by atoms with E-state index in [0.29, 0.717) is 12.1 Å². The van der Waals surface area contributed by atoms with Gasteiger partial charge in [0, 0.05) is 17.0 Å². The predicted octanol–water partition coefficient (Wildman–Crippen LogP) is 5.12. The van der Waals surface area contributed by atoms with E-state index in [9.17, 15) is 0 Å². The Hall–Kier alpha value is -0.830. The van der Waals surface area contributed by atoms with Crippen LogP contribution in [0.5, 0.6) is 0 Å². The maximum Gasteiger partial charge on any atom is 0.0931 e. The zero-order valence-corrected chi connectivity index (χ0v) is 12.5. The number of thiophene rings is 1. The van der Waals surface area contributed by atoms with Crippen LogP contribution in [0.3, 0.4) is 0 Å². The Morgan fingerprint density at radius 2 is 1.67 bits per heavy atom. The summed E-state index contributed by atoms with van der Waals surface area (Å²) in [5.74, 6) is 0. The van der Waals surface area contributed by atoms with E-state index in [1.165, 1.54) is 16.0 Å². The van der Waals surface area contributed by atoms with Crippen LogP contribution < -0.4 is 5.32 Å². The van der Waals surface area contributed by atoms with Crippen LogP contribution in [0.15, 0.2) is 36.4 Å². The minimum Gasteiger partial charge on any atom is -0.303 e. The van der Waals surface area contributed by atoms with Crippen molar-refractivity contribution < 1.29 is 0 Å². The van der Waals surface area contributed by atoms with Gasteiger partial charge in [0.2, 0.25) is 0 Å². The first-order valence-electron chi connectivity index (χ1n) is 6.14. The summed E-state index contributed by atoms with van der Waals surface area (Å²) in [5, 5.41) is 3.60. The van der Waals surface area contributed by atoms with Crippen LogP contribution in [0.25, 0.3) is 0 Å². The van der Waals surface area contributed by atoms with Gasteiger partial charge in [-0.2, -0.15) is 0 Å². The van der Waals surface area contributed by atoms with Gasteiger partial charge in [-0.15, -0.1) is 11.3 Å². The highest BCUT2D eigenvalue weighted by Crippen LogP contribution is 2.28. The molecule has 3 heteroatoms. The monoisotopic (exact) mass is 279 g/mol. The molecule has 96 valence electrons. The molecule has 1 aromatic carbocycles. The molecule has 0 fully saturated rings. The second-order valence-electron chi connectivity index (χ2n) is 4.66. The van der Waals surface area contributed by atoms with Crippen LogP contribution in [0.4, 0.5) is 0 Å². The molecule has 0 aliphatic heterocycles.